The fourth-order valence-corrected chi connectivity index (χ4v) is 12.8. The van der Waals surface area contributed by atoms with Crippen molar-refractivity contribution >= 4 is 70.6 Å². The normalized spacial score (nSPS) is 16.1. The minimum absolute atomic E-state index is 0.0533. The Bertz CT molecular complexity index is 4950. The number of carbonyl (C=O) groups is 8. The molecule has 0 saturated heterocycles. The number of pyridine rings is 4. The number of hydrogen-bond donors (Lipinski definition) is 4. The van der Waals surface area contributed by atoms with Crippen molar-refractivity contribution in [2.24, 2.45) is 5.73 Å². The molecule has 0 fully saturated rings. The maximum absolute atomic E-state index is 12.7. The number of likely N-dealkylation sites (N-methyl/N-ethyl adjacent to an activating group) is 4. The highest BCUT2D eigenvalue weighted by molar-refractivity contribution is 6.03. The molecule has 16 rings (SSSR count). The number of fused-ring (bicyclic) bond motifs is 4. The van der Waals surface area contributed by atoms with E-state index >= 15 is 0 Å². The van der Waals surface area contributed by atoms with Gasteiger partial charge in [0.05, 0.1) is 38.3 Å². The Morgan fingerprint density at radius 3 is 0.913 bits per heavy atom. The number of carbonyl (C=O) groups excluding carboxylic acids is 8. The van der Waals surface area contributed by atoms with Crippen molar-refractivity contribution in [2.45, 2.75) is 108 Å². The molecule has 12 heterocycles. The van der Waals surface area contributed by atoms with Crippen LogP contribution in [0.4, 0.5) is 23.3 Å². The van der Waals surface area contributed by atoms with Gasteiger partial charge in [-0.25, -0.2) is 24.7 Å². The van der Waals surface area contributed by atoms with Crippen LogP contribution in [0.5, 0.6) is 0 Å². The number of rotatable bonds is 16. The molecular formula is C82H82N20O13. The molecule has 0 spiro atoms. The first-order valence-corrected chi connectivity index (χ1v) is 37.0. The lowest BCUT2D eigenvalue weighted by Crippen LogP contribution is -2.47. The first-order valence-electron chi connectivity index (χ1n) is 37.0. The highest BCUT2D eigenvalue weighted by Gasteiger charge is 2.35. The molecule has 7 amide bonds. The number of nitrogens with zero attached hydrogens (tertiary/aromatic N) is 16. The topological polar surface area (TPSA) is 428 Å². The van der Waals surface area contributed by atoms with E-state index in [0.717, 1.165) is 56.7 Å². The lowest BCUT2D eigenvalue weighted by atomic mass is 10.1. The van der Waals surface area contributed by atoms with Gasteiger partial charge in [0, 0.05) is 53.0 Å². The zero-order chi connectivity index (χ0) is 80.7. The van der Waals surface area contributed by atoms with Crippen LogP contribution in [0.1, 0.15) is 143 Å². The largest absolute Gasteiger partial charge is 0.459 e. The molecule has 0 radical (unpaired) electrons. The smallest absolute Gasteiger partial charge is 0.396 e. The molecule has 4 aromatic carbocycles. The standard InChI is InChI=1S/3C20H19N5O3.C12H12N2O3.C10H13N3O/c3*1-25-17-14(8-5-11-21-17)9-10-15(20(25)27)22-18(26)19-24-23-16(28-19)12-13-6-3-2-4-7-13;1-2-16-12(15)11-14-13-10(17-11)8-9-6-4-3-5-7-9;1-13-9-7(3-2-6-12-9)4-5-8(11)10(13)14/h3*2-8,11,15H,9-10,12H2,1H3,(H,22,26);3-7H,2,8H2,1H3;2-3,6,8H,4-5,11H2,1H3/t2*15-;;;/m10.../s1. The number of aryl methyl sites for hydroxylation is 4. The molecule has 4 aliphatic rings. The fourth-order valence-electron chi connectivity index (χ4n) is 12.8. The predicted molar refractivity (Wildman–Crippen MR) is 416 cm³/mol. The average Bonchev–Trinajstić information content (AvgIpc) is 1.71. The molecule has 5 N–H and O–H groups in total. The van der Waals surface area contributed by atoms with Crippen molar-refractivity contribution in [3.8, 4) is 0 Å². The zero-order valence-electron chi connectivity index (χ0n) is 63.5. The van der Waals surface area contributed by atoms with Crippen LogP contribution in [0.3, 0.4) is 0 Å². The van der Waals surface area contributed by atoms with E-state index < -0.39 is 47.9 Å². The third kappa shape index (κ3) is 21.1. The van der Waals surface area contributed by atoms with Crippen LogP contribution < -0.4 is 41.3 Å². The summed E-state index contributed by atoms with van der Waals surface area (Å²) in [6, 6.07) is 51.3. The second-order valence-electron chi connectivity index (χ2n) is 26.7. The third-order valence-electron chi connectivity index (χ3n) is 18.7. The first-order chi connectivity index (χ1) is 55.8. The van der Waals surface area contributed by atoms with Crippen LogP contribution in [0.15, 0.2) is 212 Å². The quantitative estimate of drug-likeness (QED) is 0.0682. The molecule has 0 saturated carbocycles. The van der Waals surface area contributed by atoms with E-state index in [1.54, 1.807) is 64.8 Å². The van der Waals surface area contributed by atoms with Crippen LogP contribution in [0, 0.1) is 0 Å². The van der Waals surface area contributed by atoms with Crippen molar-refractivity contribution in [1.29, 1.82) is 0 Å². The van der Waals surface area contributed by atoms with E-state index in [1.807, 2.05) is 170 Å². The number of anilines is 4. The van der Waals surface area contributed by atoms with E-state index in [4.69, 9.17) is 28.1 Å². The van der Waals surface area contributed by atoms with E-state index in [0.29, 0.717) is 112 Å². The van der Waals surface area contributed by atoms with Crippen molar-refractivity contribution in [3.05, 3.63) is 286 Å². The highest BCUT2D eigenvalue weighted by atomic mass is 16.5. The van der Waals surface area contributed by atoms with Gasteiger partial charge in [0.25, 0.3) is 0 Å². The number of ether oxygens (including phenoxy) is 1. The highest BCUT2D eigenvalue weighted by Crippen LogP contribution is 2.28. The molecule has 12 aromatic rings. The molecule has 588 valence electrons. The number of hydrogen-bond acceptors (Lipinski definition) is 26. The monoisotopic (exact) mass is 1550 g/mol. The first kappa shape index (κ1) is 80.3. The number of esters is 1. The Morgan fingerprint density at radius 1 is 0.365 bits per heavy atom. The Hall–Kier alpha value is -14.2. The molecule has 2 unspecified atom stereocenters. The summed E-state index contributed by atoms with van der Waals surface area (Å²) in [5, 5.41) is 38.8. The van der Waals surface area contributed by atoms with E-state index in [9.17, 15) is 38.4 Å². The zero-order valence-corrected chi connectivity index (χ0v) is 63.5. The van der Waals surface area contributed by atoms with Crippen LogP contribution in [-0.4, -0.2) is 167 Å². The van der Waals surface area contributed by atoms with Crippen molar-refractivity contribution in [1.82, 2.24) is 76.7 Å². The molecular weight excluding hydrogens is 1470 g/mol. The summed E-state index contributed by atoms with van der Waals surface area (Å²) < 4.78 is 26.4. The Balaban J connectivity index is 0.000000136. The van der Waals surface area contributed by atoms with Gasteiger partial charge in [-0.3, -0.25) is 53.2 Å². The molecule has 33 heteroatoms. The Kier molecular flexibility index (Phi) is 27.0. The molecule has 33 nitrogen and oxygen atoms in total. The fraction of sp³-hybridized carbons (Fsp3) is 0.268. The van der Waals surface area contributed by atoms with Crippen LogP contribution in [-0.2, 0) is 75.3 Å². The molecule has 4 atom stereocenters. The molecule has 115 heavy (non-hydrogen) atoms. The summed E-state index contributed by atoms with van der Waals surface area (Å²) in [6.07, 6.45) is 13.3. The van der Waals surface area contributed by atoms with Gasteiger partial charge in [-0.05, 0) is 127 Å². The SMILES string of the molecule is CCOC(=O)c1nnc(Cc2ccccc2)o1.CN1C(=O)C(N)CCc2cccnc21.CN1C(=O)C(NC(=O)c2nnc(Cc3ccccc3)o2)CCc2cccnc21.CN1C(=O)[C@@H](NC(=O)c2nnc(Cc3ccccc3)o2)CCc2cccnc21.CN1C(=O)[C@H](NC(=O)c2nnc(Cc3ccccc3)o2)CCc2cccnc21. The number of nitrogens with one attached hydrogen (secondary N) is 3. The summed E-state index contributed by atoms with van der Waals surface area (Å²) in [6.45, 7) is 2.01. The van der Waals surface area contributed by atoms with Gasteiger partial charge in [-0.1, -0.05) is 146 Å². The molecule has 8 aromatic heterocycles. The maximum Gasteiger partial charge on any atom is 0.396 e. The van der Waals surface area contributed by atoms with Gasteiger partial charge >= 0.3 is 47.3 Å². The number of benzene rings is 4. The maximum atomic E-state index is 12.7. The minimum Gasteiger partial charge on any atom is -0.459 e. The summed E-state index contributed by atoms with van der Waals surface area (Å²) in [4.78, 5) is 122. The Labute approximate surface area is 659 Å². The van der Waals surface area contributed by atoms with Gasteiger partial charge in [-0.2, -0.15) is 0 Å². The van der Waals surface area contributed by atoms with Crippen LogP contribution in [0.25, 0.3) is 0 Å². The lowest BCUT2D eigenvalue weighted by Gasteiger charge is -2.20. The van der Waals surface area contributed by atoms with E-state index in [-0.39, 0.29) is 53.8 Å². The van der Waals surface area contributed by atoms with Gasteiger partial charge in [-0.15, -0.1) is 40.8 Å². The van der Waals surface area contributed by atoms with Crippen molar-refractivity contribution in [3.63, 3.8) is 0 Å². The summed E-state index contributed by atoms with van der Waals surface area (Å²) in [5.41, 5.74) is 13.8. The second kappa shape index (κ2) is 38.6. The van der Waals surface area contributed by atoms with Crippen molar-refractivity contribution in [2.75, 3.05) is 54.4 Å². The molecule has 4 aliphatic heterocycles. The number of aromatic nitrogens is 12. The summed E-state index contributed by atoms with van der Waals surface area (Å²) >= 11 is 0. The van der Waals surface area contributed by atoms with E-state index in [2.05, 4.69) is 76.7 Å². The van der Waals surface area contributed by atoms with Gasteiger partial charge in [0.15, 0.2) is 0 Å². The van der Waals surface area contributed by atoms with E-state index in [1.165, 1.54) is 14.7 Å². The molecule has 0 bridgehead atoms. The molecule has 0 aliphatic carbocycles. The van der Waals surface area contributed by atoms with Gasteiger partial charge in [0.1, 0.15) is 41.4 Å². The summed E-state index contributed by atoms with van der Waals surface area (Å²) in [5.74, 6) is 0.485. The average molecular weight is 1560 g/mol. The number of nitrogens with two attached hydrogens (primary N) is 1. The third-order valence-corrected chi connectivity index (χ3v) is 18.7. The summed E-state index contributed by atoms with van der Waals surface area (Å²) in [7, 11) is 6.69. The lowest BCUT2D eigenvalue weighted by molar-refractivity contribution is -0.120. The van der Waals surface area contributed by atoms with Crippen LogP contribution >= 0.6 is 0 Å². The van der Waals surface area contributed by atoms with Gasteiger partial charge < -0.3 is 44.1 Å². The number of amides is 7. The minimum atomic E-state index is -0.684. The predicted octanol–water partition coefficient (Wildman–Crippen LogP) is 7.44. The van der Waals surface area contributed by atoms with Crippen LogP contribution in [0.2, 0.25) is 0 Å². The van der Waals surface area contributed by atoms with Gasteiger partial charge in [0.2, 0.25) is 47.2 Å². The second-order valence-corrected chi connectivity index (χ2v) is 26.7. The van der Waals surface area contributed by atoms with Crippen molar-refractivity contribution < 1.29 is 60.8 Å². The Morgan fingerprint density at radius 2 is 0.626 bits per heavy atom.